The van der Waals surface area contributed by atoms with Crippen molar-refractivity contribution >= 4 is 12.4 Å². The van der Waals surface area contributed by atoms with Crippen LogP contribution in [0.15, 0.2) is 24.3 Å². The van der Waals surface area contributed by atoms with Crippen LogP contribution in [0, 0.1) is 0 Å². The van der Waals surface area contributed by atoms with Gasteiger partial charge in [-0.25, -0.2) is 0 Å². The van der Waals surface area contributed by atoms with E-state index >= 15 is 0 Å². The minimum absolute atomic E-state index is 0. The second kappa shape index (κ2) is 8.55. The molecule has 0 aromatic heterocycles. The second-order valence-corrected chi connectivity index (χ2v) is 5.19. The van der Waals surface area contributed by atoms with Gasteiger partial charge in [0.2, 0.25) is 0 Å². The Morgan fingerprint density at radius 2 is 1.78 bits per heavy atom. The Balaban J connectivity index is 0.00000162. The van der Waals surface area contributed by atoms with Gasteiger partial charge in [-0.15, -0.1) is 12.4 Å². The van der Waals surface area contributed by atoms with Crippen molar-refractivity contribution in [1.82, 2.24) is 5.32 Å². The summed E-state index contributed by atoms with van der Waals surface area (Å²) in [5, 5.41) is 3.62. The number of hydrogen-bond acceptors (Lipinski definition) is 1. The lowest BCUT2D eigenvalue weighted by Gasteiger charge is -2.11. The van der Waals surface area contributed by atoms with E-state index in [1.807, 2.05) is 0 Å². The van der Waals surface area contributed by atoms with Crippen LogP contribution in [0.4, 0.5) is 0 Å². The third kappa shape index (κ3) is 4.29. The van der Waals surface area contributed by atoms with Crippen LogP contribution in [0.5, 0.6) is 0 Å². The molecule has 1 nitrogen and oxygen atoms in total. The number of hydrogen-bond donors (Lipinski definition) is 1. The van der Waals surface area contributed by atoms with Gasteiger partial charge in [0, 0.05) is 12.6 Å². The molecule has 0 spiro atoms. The first-order valence-electron chi connectivity index (χ1n) is 7.23. The zero-order valence-electron chi connectivity index (χ0n) is 11.5. The Hall–Kier alpha value is -0.530. The van der Waals surface area contributed by atoms with Gasteiger partial charge in [0.05, 0.1) is 0 Å². The topological polar surface area (TPSA) is 12.0 Å². The third-order valence-corrected chi connectivity index (χ3v) is 3.82. The molecule has 18 heavy (non-hydrogen) atoms. The smallest absolute Gasteiger partial charge is 0.0326 e. The number of unbranched alkanes of at least 4 members (excludes halogenated alkanes) is 5. The number of benzene rings is 1. The molecule has 2 rings (SSSR count). The Bertz CT molecular complexity index is 338. The molecule has 0 saturated heterocycles. The minimum atomic E-state index is 0. The van der Waals surface area contributed by atoms with Crippen LogP contribution in [0.1, 0.15) is 69.0 Å². The first-order valence-corrected chi connectivity index (χ1v) is 7.23. The predicted molar refractivity (Wildman–Crippen MR) is 81.3 cm³/mol. The van der Waals surface area contributed by atoms with Gasteiger partial charge in [0.15, 0.2) is 0 Å². The van der Waals surface area contributed by atoms with E-state index in [0.29, 0.717) is 6.04 Å². The molecule has 1 aliphatic heterocycles. The average Bonchev–Trinajstić information content (AvgIpc) is 2.77. The number of halogens is 1. The van der Waals surface area contributed by atoms with E-state index in [0.717, 1.165) is 6.54 Å². The summed E-state index contributed by atoms with van der Waals surface area (Å²) in [5.74, 6) is 0. The van der Waals surface area contributed by atoms with Crippen molar-refractivity contribution < 1.29 is 0 Å². The van der Waals surface area contributed by atoms with Crippen LogP contribution < -0.4 is 5.32 Å². The van der Waals surface area contributed by atoms with Gasteiger partial charge in [-0.1, -0.05) is 69.7 Å². The van der Waals surface area contributed by atoms with E-state index in [-0.39, 0.29) is 12.4 Å². The molecule has 0 bridgehead atoms. The molecule has 1 heterocycles. The third-order valence-electron chi connectivity index (χ3n) is 3.82. The van der Waals surface area contributed by atoms with Gasteiger partial charge in [-0.3, -0.25) is 0 Å². The summed E-state index contributed by atoms with van der Waals surface area (Å²) in [6.45, 7) is 3.34. The van der Waals surface area contributed by atoms with Crippen LogP contribution in [-0.4, -0.2) is 0 Å². The molecule has 1 N–H and O–H groups in total. The fourth-order valence-corrected chi connectivity index (χ4v) is 2.76. The van der Waals surface area contributed by atoms with Crippen molar-refractivity contribution in [2.75, 3.05) is 0 Å². The van der Waals surface area contributed by atoms with Crippen LogP contribution in [-0.2, 0) is 6.54 Å². The van der Waals surface area contributed by atoms with Crippen molar-refractivity contribution in [3.8, 4) is 0 Å². The first-order chi connectivity index (χ1) is 8.42. The fraction of sp³-hybridized carbons (Fsp3) is 0.625. The molecule has 1 aliphatic rings. The van der Waals surface area contributed by atoms with Crippen molar-refractivity contribution in [2.45, 2.75) is 64.5 Å². The van der Waals surface area contributed by atoms with Crippen LogP contribution in [0.25, 0.3) is 0 Å². The largest absolute Gasteiger partial charge is 0.306 e. The van der Waals surface area contributed by atoms with Crippen molar-refractivity contribution in [2.24, 2.45) is 0 Å². The molecule has 1 aromatic rings. The normalized spacial score (nSPS) is 17.3. The van der Waals surface area contributed by atoms with E-state index in [4.69, 9.17) is 0 Å². The van der Waals surface area contributed by atoms with Gasteiger partial charge in [0.25, 0.3) is 0 Å². The Labute approximate surface area is 118 Å². The molecule has 1 atom stereocenters. The Morgan fingerprint density at radius 1 is 1.06 bits per heavy atom. The summed E-state index contributed by atoms with van der Waals surface area (Å²) in [6.07, 6.45) is 9.68. The first kappa shape index (κ1) is 15.5. The lowest BCUT2D eigenvalue weighted by atomic mass is 9.99. The molecule has 0 radical (unpaired) electrons. The number of fused-ring (bicyclic) bond motifs is 1. The molecule has 1 aromatic carbocycles. The second-order valence-electron chi connectivity index (χ2n) is 5.19. The highest BCUT2D eigenvalue weighted by Gasteiger charge is 2.19. The molecule has 0 amide bonds. The van der Waals surface area contributed by atoms with Gasteiger partial charge in [-0.2, -0.15) is 0 Å². The molecule has 0 aliphatic carbocycles. The van der Waals surface area contributed by atoms with E-state index in [1.54, 1.807) is 5.56 Å². The summed E-state index contributed by atoms with van der Waals surface area (Å²) < 4.78 is 0. The van der Waals surface area contributed by atoms with Gasteiger partial charge < -0.3 is 5.32 Å². The quantitative estimate of drug-likeness (QED) is 0.685. The summed E-state index contributed by atoms with van der Waals surface area (Å²) >= 11 is 0. The molecule has 102 valence electrons. The van der Waals surface area contributed by atoms with Crippen molar-refractivity contribution in [3.05, 3.63) is 35.4 Å². The van der Waals surface area contributed by atoms with Gasteiger partial charge >= 0.3 is 0 Å². The number of rotatable bonds is 7. The average molecular weight is 268 g/mol. The summed E-state index contributed by atoms with van der Waals surface area (Å²) in [6, 6.07) is 9.48. The highest BCUT2D eigenvalue weighted by Crippen LogP contribution is 2.28. The lowest BCUT2D eigenvalue weighted by Crippen LogP contribution is -2.11. The summed E-state index contributed by atoms with van der Waals surface area (Å²) in [5.41, 5.74) is 3.05. The molecule has 0 saturated carbocycles. The molecule has 2 heteroatoms. The monoisotopic (exact) mass is 267 g/mol. The lowest BCUT2D eigenvalue weighted by molar-refractivity contribution is 0.495. The van der Waals surface area contributed by atoms with Crippen molar-refractivity contribution in [3.63, 3.8) is 0 Å². The zero-order chi connectivity index (χ0) is 11.9. The molecular formula is C16H26ClN. The maximum atomic E-state index is 3.62. The predicted octanol–water partition coefficient (Wildman–Crippen LogP) is 5.00. The van der Waals surface area contributed by atoms with Crippen LogP contribution >= 0.6 is 12.4 Å². The van der Waals surface area contributed by atoms with Gasteiger partial charge in [0.1, 0.15) is 0 Å². The SMILES string of the molecule is CCCCCCCCC1NCc2ccccc21.Cl. The Kier molecular flexibility index (Phi) is 7.38. The molecular weight excluding hydrogens is 242 g/mol. The van der Waals surface area contributed by atoms with Crippen molar-refractivity contribution in [1.29, 1.82) is 0 Å². The highest BCUT2D eigenvalue weighted by atomic mass is 35.5. The van der Waals surface area contributed by atoms with Gasteiger partial charge in [-0.05, 0) is 17.5 Å². The van der Waals surface area contributed by atoms with E-state index in [1.165, 1.54) is 50.5 Å². The standard InChI is InChI=1S/C16H25N.ClH/c1-2-3-4-5-6-7-12-16-15-11-9-8-10-14(15)13-17-16;/h8-11,16-17H,2-7,12-13H2,1H3;1H. The fourth-order valence-electron chi connectivity index (χ4n) is 2.76. The highest BCUT2D eigenvalue weighted by molar-refractivity contribution is 5.85. The Morgan fingerprint density at radius 3 is 2.61 bits per heavy atom. The maximum absolute atomic E-state index is 3.62. The molecule has 1 unspecified atom stereocenters. The van der Waals surface area contributed by atoms with E-state index in [2.05, 4.69) is 36.5 Å². The van der Waals surface area contributed by atoms with E-state index in [9.17, 15) is 0 Å². The minimum Gasteiger partial charge on any atom is -0.306 e. The van der Waals surface area contributed by atoms with Crippen LogP contribution in [0.2, 0.25) is 0 Å². The van der Waals surface area contributed by atoms with E-state index < -0.39 is 0 Å². The summed E-state index contributed by atoms with van der Waals surface area (Å²) in [4.78, 5) is 0. The zero-order valence-corrected chi connectivity index (χ0v) is 12.3. The summed E-state index contributed by atoms with van der Waals surface area (Å²) in [7, 11) is 0. The maximum Gasteiger partial charge on any atom is 0.0326 e. The number of nitrogens with one attached hydrogen (secondary N) is 1. The molecule has 0 fully saturated rings. The van der Waals surface area contributed by atoms with Crippen LogP contribution in [0.3, 0.4) is 0 Å².